The summed E-state index contributed by atoms with van der Waals surface area (Å²) in [6, 6.07) is 10.2. The van der Waals surface area contributed by atoms with E-state index in [1.54, 1.807) is 35.7 Å². The third-order valence-corrected chi connectivity index (χ3v) is 5.40. The van der Waals surface area contributed by atoms with Gasteiger partial charge in [-0.05, 0) is 36.8 Å². The van der Waals surface area contributed by atoms with Gasteiger partial charge in [0.1, 0.15) is 11.5 Å². The second kappa shape index (κ2) is 9.60. The van der Waals surface area contributed by atoms with Crippen LogP contribution in [0.1, 0.15) is 21.6 Å². The molecule has 0 aliphatic rings. The van der Waals surface area contributed by atoms with Gasteiger partial charge in [0, 0.05) is 27.7 Å². The summed E-state index contributed by atoms with van der Waals surface area (Å²) in [4.78, 5) is 29.1. The molecule has 0 radical (unpaired) electrons. The first-order valence-electron chi connectivity index (χ1n) is 8.92. The third-order valence-electron chi connectivity index (χ3n) is 4.18. The summed E-state index contributed by atoms with van der Waals surface area (Å²) in [6.45, 7) is 1.89. The van der Waals surface area contributed by atoms with Gasteiger partial charge in [0.15, 0.2) is 5.13 Å². The predicted octanol–water partition coefficient (Wildman–Crippen LogP) is 4.56. The van der Waals surface area contributed by atoms with E-state index in [2.05, 4.69) is 15.6 Å². The number of halogens is 1. The highest BCUT2D eigenvalue weighted by Crippen LogP contribution is 2.24. The van der Waals surface area contributed by atoms with Crippen LogP contribution in [0.3, 0.4) is 0 Å². The molecule has 0 aliphatic heterocycles. The topological polar surface area (TPSA) is 89.6 Å². The van der Waals surface area contributed by atoms with Gasteiger partial charge >= 0.3 is 0 Å². The van der Waals surface area contributed by atoms with Crippen LogP contribution in [0, 0.1) is 6.92 Å². The fraction of sp³-hybridized carbons (Fsp3) is 0.190. The summed E-state index contributed by atoms with van der Waals surface area (Å²) in [5.74, 6) is 0.432. The molecule has 30 heavy (non-hydrogen) atoms. The van der Waals surface area contributed by atoms with Crippen molar-refractivity contribution in [1.29, 1.82) is 0 Å². The van der Waals surface area contributed by atoms with E-state index in [0.717, 1.165) is 5.56 Å². The highest BCUT2D eigenvalue weighted by molar-refractivity contribution is 7.14. The van der Waals surface area contributed by atoms with Gasteiger partial charge in [-0.1, -0.05) is 17.7 Å². The lowest BCUT2D eigenvalue weighted by molar-refractivity contribution is -0.115. The molecule has 3 aromatic rings. The SMILES string of the molecule is COc1cc(OC)cc(C(=O)Nc2nc(CC(=O)Nc3ccc(C)c(Cl)c3)cs2)c1. The van der Waals surface area contributed by atoms with Crippen molar-refractivity contribution in [2.24, 2.45) is 0 Å². The lowest BCUT2D eigenvalue weighted by Crippen LogP contribution is -2.15. The average molecular weight is 446 g/mol. The molecule has 7 nitrogen and oxygen atoms in total. The summed E-state index contributed by atoms with van der Waals surface area (Å²) in [5, 5.41) is 8.21. The van der Waals surface area contributed by atoms with Crippen LogP contribution in [0.25, 0.3) is 0 Å². The summed E-state index contributed by atoms with van der Waals surface area (Å²) >= 11 is 7.32. The fourth-order valence-electron chi connectivity index (χ4n) is 2.59. The van der Waals surface area contributed by atoms with Crippen LogP contribution in [0.2, 0.25) is 5.02 Å². The highest BCUT2D eigenvalue weighted by Gasteiger charge is 2.14. The molecule has 0 saturated carbocycles. The number of rotatable bonds is 7. The summed E-state index contributed by atoms with van der Waals surface area (Å²) in [5.41, 5.74) is 2.47. The lowest BCUT2D eigenvalue weighted by atomic mass is 10.2. The minimum Gasteiger partial charge on any atom is -0.497 e. The van der Waals surface area contributed by atoms with E-state index in [4.69, 9.17) is 21.1 Å². The number of nitrogens with zero attached hydrogens (tertiary/aromatic N) is 1. The van der Waals surface area contributed by atoms with Crippen LogP contribution in [-0.4, -0.2) is 31.0 Å². The fourth-order valence-corrected chi connectivity index (χ4v) is 3.48. The number of hydrogen-bond acceptors (Lipinski definition) is 6. The van der Waals surface area contributed by atoms with Crippen LogP contribution >= 0.6 is 22.9 Å². The van der Waals surface area contributed by atoms with Gasteiger partial charge in [-0.25, -0.2) is 4.98 Å². The number of aryl methyl sites for hydroxylation is 1. The number of aromatic nitrogens is 1. The minimum atomic E-state index is -0.355. The van der Waals surface area contributed by atoms with Gasteiger partial charge in [0.25, 0.3) is 5.91 Å². The molecule has 2 aromatic carbocycles. The monoisotopic (exact) mass is 445 g/mol. The molecule has 2 N–H and O–H groups in total. The predicted molar refractivity (Wildman–Crippen MR) is 118 cm³/mol. The van der Waals surface area contributed by atoms with E-state index < -0.39 is 0 Å². The molecular weight excluding hydrogens is 426 g/mol. The van der Waals surface area contributed by atoms with Crippen molar-refractivity contribution in [3.63, 3.8) is 0 Å². The molecule has 0 atom stereocenters. The Hall–Kier alpha value is -3.10. The van der Waals surface area contributed by atoms with Gasteiger partial charge in [-0.15, -0.1) is 11.3 Å². The van der Waals surface area contributed by atoms with E-state index in [1.165, 1.54) is 25.6 Å². The summed E-state index contributed by atoms with van der Waals surface area (Å²) in [7, 11) is 3.03. The van der Waals surface area contributed by atoms with Gasteiger partial charge in [0.05, 0.1) is 26.3 Å². The van der Waals surface area contributed by atoms with E-state index in [9.17, 15) is 9.59 Å². The number of benzene rings is 2. The number of amides is 2. The summed E-state index contributed by atoms with van der Waals surface area (Å²) in [6.07, 6.45) is 0.0743. The van der Waals surface area contributed by atoms with E-state index in [-0.39, 0.29) is 18.2 Å². The zero-order valence-electron chi connectivity index (χ0n) is 16.6. The minimum absolute atomic E-state index is 0.0743. The zero-order valence-corrected chi connectivity index (χ0v) is 18.2. The lowest BCUT2D eigenvalue weighted by Gasteiger charge is -2.08. The number of ether oxygens (including phenoxy) is 2. The van der Waals surface area contributed by atoms with Crippen molar-refractivity contribution in [2.45, 2.75) is 13.3 Å². The molecule has 0 saturated heterocycles. The second-order valence-corrected chi connectivity index (χ2v) is 7.65. The first-order chi connectivity index (χ1) is 14.4. The van der Waals surface area contributed by atoms with Crippen LogP contribution in [-0.2, 0) is 11.2 Å². The molecule has 1 aromatic heterocycles. The van der Waals surface area contributed by atoms with Crippen molar-refractivity contribution in [1.82, 2.24) is 4.98 Å². The molecule has 0 fully saturated rings. The first-order valence-corrected chi connectivity index (χ1v) is 10.2. The van der Waals surface area contributed by atoms with Crippen molar-refractivity contribution >= 4 is 45.6 Å². The molecule has 1 heterocycles. The van der Waals surface area contributed by atoms with Crippen LogP contribution < -0.4 is 20.1 Å². The Bertz CT molecular complexity index is 1060. The normalized spacial score (nSPS) is 10.4. The Labute approximate surface area is 183 Å². The maximum absolute atomic E-state index is 12.5. The van der Waals surface area contributed by atoms with Crippen molar-refractivity contribution < 1.29 is 19.1 Å². The maximum atomic E-state index is 12.5. The molecule has 0 aliphatic carbocycles. The Morgan fingerprint density at radius 1 is 1.07 bits per heavy atom. The van der Waals surface area contributed by atoms with Crippen molar-refractivity contribution in [2.75, 3.05) is 24.9 Å². The molecule has 9 heteroatoms. The highest BCUT2D eigenvalue weighted by atomic mass is 35.5. The number of methoxy groups -OCH3 is 2. The third kappa shape index (κ3) is 5.49. The molecule has 156 valence electrons. The molecule has 2 amide bonds. The Kier molecular flexibility index (Phi) is 6.91. The van der Waals surface area contributed by atoms with Crippen molar-refractivity contribution in [3.8, 4) is 11.5 Å². The van der Waals surface area contributed by atoms with Gasteiger partial charge in [0.2, 0.25) is 5.91 Å². The van der Waals surface area contributed by atoms with Crippen LogP contribution in [0.15, 0.2) is 41.8 Å². The number of nitrogens with one attached hydrogen (secondary N) is 2. The van der Waals surface area contributed by atoms with Crippen LogP contribution in [0.5, 0.6) is 11.5 Å². The van der Waals surface area contributed by atoms with E-state index in [0.29, 0.717) is 38.6 Å². The number of hydrogen-bond donors (Lipinski definition) is 2. The molecule has 3 rings (SSSR count). The Balaban J connectivity index is 1.62. The van der Waals surface area contributed by atoms with Crippen LogP contribution in [0.4, 0.5) is 10.8 Å². The number of carbonyl (C=O) groups excluding carboxylic acids is 2. The number of anilines is 2. The standard InChI is InChI=1S/C21H20ClN3O4S/c1-12-4-5-14(8-18(12)22)23-19(26)9-15-11-30-21(24-15)25-20(27)13-6-16(28-2)10-17(7-13)29-3/h4-8,10-11H,9H2,1-3H3,(H,23,26)(H,24,25,27). The van der Waals surface area contributed by atoms with E-state index in [1.807, 2.05) is 13.0 Å². The average Bonchev–Trinajstić information content (AvgIpc) is 3.16. The largest absolute Gasteiger partial charge is 0.497 e. The number of carbonyl (C=O) groups is 2. The second-order valence-electron chi connectivity index (χ2n) is 6.39. The Morgan fingerprint density at radius 2 is 1.77 bits per heavy atom. The van der Waals surface area contributed by atoms with Gasteiger partial charge in [-0.2, -0.15) is 0 Å². The molecule has 0 spiro atoms. The Morgan fingerprint density at radius 3 is 2.40 bits per heavy atom. The van der Waals surface area contributed by atoms with E-state index >= 15 is 0 Å². The first kappa shape index (κ1) is 21.6. The smallest absolute Gasteiger partial charge is 0.257 e. The molecule has 0 unspecified atom stereocenters. The quantitative estimate of drug-likeness (QED) is 0.556. The molecule has 0 bridgehead atoms. The van der Waals surface area contributed by atoms with Gasteiger partial charge in [-0.3, -0.25) is 14.9 Å². The van der Waals surface area contributed by atoms with Gasteiger partial charge < -0.3 is 14.8 Å². The maximum Gasteiger partial charge on any atom is 0.257 e. The zero-order chi connectivity index (χ0) is 21.7. The van der Waals surface area contributed by atoms with Crippen molar-refractivity contribution in [3.05, 3.63) is 63.6 Å². The number of thiazole rings is 1. The molecular formula is C21H20ClN3O4S. The summed E-state index contributed by atoms with van der Waals surface area (Å²) < 4.78 is 10.4.